The Hall–Kier alpha value is -0.890. The van der Waals surface area contributed by atoms with Crippen LogP contribution in [0.2, 0.25) is 0 Å². The first kappa shape index (κ1) is 8.70. The SMILES string of the molecule is Cc1ccc2c(n1)CC(CO)CC2. The normalized spacial score (nSPS) is 21.2. The van der Waals surface area contributed by atoms with Crippen LogP contribution in [0.4, 0.5) is 0 Å². The largest absolute Gasteiger partial charge is 0.396 e. The fourth-order valence-corrected chi connectivity index (χ4v) is 1.93. The third kappa shape index (κ3) is 1.73. The number of hydrogen-bond acceptors (Lipinski definition) is 2. The summed E-state index contributed by atoms with van der Waals surface area (Å²) in [6.07, 6.45) is 3.13. The van der Waals surface area contributed by atoms with Gasteiger partial charge in [0.25, 0.3) is 0 Å². The number of nitrogens with zero attached hydrogens (tertiary/aromatic N) is 1. The standard InChI is InChI=1S/C11H15NO/c1-8-2-4-10-5-3-9(7-13)6-11(10)12-8/h2,4,9,13H,3,5-7H2,1H3. The van der Waals surface area contributed by atoms with Crippen molar-refractivity contribution < 1.29 is 5.11 Å². The van der Waals surface area contributed by atoms with Crippen LogP contribution in [0.25, 0.3) is 0 Å². The number of fused-ring (bicyclic) bond motifs is 1. The van der Waals surface area contributed by atoms with Gasteiger partial charge in [-0.3, -0.25) is 4.98 Å². The van der Waals surface area contributed by atoms with Crippen molar-refractivity contribution in [3.05, 3.63) is 29.1 Å². The molecule has 0 saturated carbocycles. The lowest BCUT2D eigenvalue weighted by Crippen LogP contribution is -2.18. The van der Waals surface area contributed by atoms with Gasteiger partial charge in [-0.15, -0.1) is 0 Å². The predicted octanol–water partition coefficient (Wildman–Crippen LogP) is 1.49. The second-order valence-electron chi connectivity index (χ2n) is 3.85. The molecule has 1 N–H and O–H groups in total. The molecule has 2 nitrogen and oxygen atoms in total. The van der Waals surface area contributed by atoms with E-state index in [0.717, 1.165) is 25.0 Å². The Kier molecular flexibility index (Phi) is 2.32. The number of aromatic nitrogens is 1. The molecule has 13 heavy (non-hydrogen) atoms. The van der Waals surface area contributed by atoms with Crippen LogP contribution in [-0.2, 0) is 12.8 Å². The second kappa shape index (κ2) is 3.46. The lowest BCUT2D eigenvalue weighted by molar-refractivity contribution is 0.212. The minimum Gasteiger partial charge on any atom is -0.396 e. The summed E-state index contributed by atoms with van der Waals surface area (Å²) in [6, 6.07) is 4.24. The molecule has 2 rings (SSSR count). The molecule has 1 aliphatic carbocycles. The average Bonchev–Trinajstić information content (AvgIpc) is 2.16. The van der Waals surface area contributed by atoms with Crippen LogP contribution in [-0.4, -0.2) is 16.7 Å². The molecule has 0 fully saturated rings. The molecule has 2 heteroatoms. The number of aliphatic hydroxyl groups excluding tert-OH is 1. The zero-order valence-electron chi connectivity index (χ0n) is 7.95. The van der Waals surface area contributed by atoms with Crippen LogP contribution in [0.15, 0.2) is 12.1 Å². The highest BCUT2D eigenvalue weighted by Gasteiger charge is 2.18. The number of aryl methyl sites for hydroxylation is 2. The summed E-state index contributed by atoms with van der Waals surface area (Å²) in [4.78, 5) is 4.50. The Bertz CT molecular complexity index is 309. The van der Waals surface area contributed by atoms with Gasteiger partial charge in [-0.05, 0) is 43.7 Å². The molecular weight excluding hydrogens is 162 g/mol. The van der Waals surface area contributed by atoms with Crippen molar-refractivity contribution in [1.29, 1.82) is 0 Å². The van der Waals surface area contributed by atoms with Gasteiger partial charge in [0, 0.05) is 18.0 Å². The first-order chi connectivity index (χ1) is 6.29. The summed E-state index contributed by atoms with van der Waals surface area (Å²) < 4.78 is 0. The Balaban J connectivity index is 2.27. The summed E-state index contributed by atoms with van der Waals surface area (Å²) in [7, 11) is 0. The molecule has 1 aromatic rings. The van der Waals surface area contributed by atoms with Gasteiger partial charge >= 0.3 is 0 Å². The maximum atomic E-state index is 9.06. The second-order valence-corrected chi connectivity index (χ2v) is 3.85. The first-order valence-electron chi connectivity index (χ1n) is 4.86. The van der Waals surface area contributed by atoms with Crippen LogP contribution in [0.3, 0.4) is 0 Å². The molecule has 0 spiro atoms. The highest BCUT2D eigenvalue weighted by molar-refractivity contribution is 5.25. The van der Waals surface area contributed by atoms with E-state index >= 15 is 0 Å². The van der Waals surface area contributed by atoms with E-state index in [-0.39, 0.29) is 0 Å². The van der Waals surface area contributed by atoms with E-state index in [0.29, 0.717) is 12.5 Å². The molecule has 0 saturated heterocycles. The summed E-state index contributed by atoms with van der Waals surface area (Å²) in [5, 5.41) is 9.06. The van der Waals surface area contributed by atoms with Gasteiger partial charge in [-0.1, -0.05) is 6.07 Å². The topological polar surface area (TPSA) is 33.1 Å². The highest BCUT2D eigenvalue weighted by atomic mass is 16.3. The van der Waals surface area contributed by atoms with Gasteiger partial charge in [-0.2, -0.15) is 0 Å². The third-order valence-electron chi connectivity index (χ3n) is 2.77. The fourth-order valence-electron chi connectivity index (χ4n) is 1.93. The number of rotatable bonds is 1. The molecule has 0 amide bonds. The summed E-state index contributed by atoms with van der Waals surface area (Å²) in [5.74, 6) is 0.432. The van der Waals surface area contributed by atoms with Crippen molar-refractivity contribution in [2.24, 2.45) is 5.92 Å². The zero-order valence-corrected chi connectivity index (χ0v) is 7.95. The van der Waals surface area contributed by atoms with Crippen LogP contribution in [0.1, 0.15) is 23.4 Å². The maximum Gasteiger partial charge on any atom is 0.0463 e. The van der Waals surface area contributed by atoms with Crippen molar-refractivity contribution in [2.45, 2.75) is 26.2 Å². The average molecular weight is 177 g/mol. The lowest BCUT2D eigenvalue weighted by atomic mass is 9.87. The highest BCUT2D eigenvalue weighted by Crippen LogP contribution is 2.23. The summed E-state index contributed by atoms with van der Waals surface area (Å²) in [6.45, 7) is 2.32. The molecule has 1 atom stereocenters. The molecule has 0 aromatic carbocycles. The Labute approximate surface area is 78.6 Å². The van der Waals surface area contributed by atoms with Crippen molar-refractivity contribution in [3.8, 4) is 0 Å². The number of aliphatic hydroxyl groups is 1. The Morgan fingerprint density at radius 1 is 1.54 bits per heavy atom. The third-order valence-corrected chi connectivity index (χ3v) is 2.77. The van der Waals surface area contributed by atoms with Gasteiger partial charge in [0.2, 0.25) is 0 Å². The molecule has 0 radical (unpaired) electrons. The predicted molar refractivity (Wildman–Crippen MR) is 51.6 cm³/mol. The van der Waals surface area contributed by atoms with Crippen molar-refractivity contribution in [2.75, 3.05) is 6.61 Å². The lowest BCUT2D eigenvalue weighted by Gasteiger charge is -2.22. The summed E-state index contributed by atoms with van der Waals surface area (Å²) >= 11 is 0. The molecule has 1 aromatic heterocycles. The fraction of sp³-hybridized carbons (Fsp3) is 0.545. The van der Waals surface area contributed by atoms with E-state index in [1.54, 1.807) is 0 Å². The maximum absolute atomic E-state index is 9.06. The van der Waals surface area contributed by atoms with Gasteiger partial charge in [-0.25, -0.2) is 0 Å². The molecule has 70 valence electrons. The Morgan fingerprint density at radius 3 is 3.15 bits per heavy atom. The monoisotopic (exact) mass is 177 g/mol. The smallest absolute Gasteiger partial charge is 0.0463 e. The van der Waals surface area contributed by atoms with Crippen molar-refractivity contribution >= 4 is 0 Å². The number of pyridine rings is 1. The molecule has 1 aliphatic rings. The van der Waals surface area contributed by atoms with E-state index in [1.165, 1.54) is 11.3 Å². The van der Waals surface area contributed by atoms with Crippen LogP contribution in [0.5, 0.6) is 0 Å². The van der Waals surface area contributed by atoms with Crippen molar-refractivity contribution in [3.63, 3.8) is 0 Å². The van der Waals surface area contributed by atoms with Crippen LogP contribution in [0, 0.1) is 12.8 Å². The van der Waals surface area contributed by atoms with Gasteiger partial charge < -0.3 is 5.11 Å². The summed E-state index contributed by atoms with van der Waals surface area (Å²) in [5.41, 5.74) is 3.65. The van der Waals surface area contributed by atoms with Gasteiger partial charge in [0.05, 0.1) is 0 Å². The van der Waals surface area contributed by atoms with E-state index in [1.807, 2.05) is 6.92 Å². The van der Waals surface area contributed by atoms with E-state index in [9.17, 15) is 0 Å². The molecule has 0 bridgehead atoms. The van der Waals surface area contributed by atoms with E-state index < -0.39 is 0 Å². The van der Waals surface area contributed by atoms with Crippen LogP contribution < -0.4 is 0 Å². The van der Waals surface area contributed by atoms with Crippen LogP contribution >= 0.6 is 0 Å². The number of hydrogen-bond donors (Lipinski definition) is 1. The van der Waals surface area contributed by atoms with E-state index in [4.69, 9.17) is 5.11 Å². The van der Waals surface area contributed by atoms with Gasteiger partial charge in [0.15, 0.2) is 0 Å². The molecule has 0 aliphatic heterocycles. The van der Waals surface area contributed by atoms with Crippen molar-refractivity contribution in [1.82, 2.24) is 4.98 Å². The molecule has 1 heterocycles. The molecule has 1 unspecified atom stereocenters. The first-order valence-corrected chi connectivity index (χ1v) is 4.86. The van der Waals surface area contributed by atoms with E-state index in [2.05, 4.69) is 17.1 Å². The minimum atomic E-state index is 0.301. The Morgan fingerprint density at radius 2 is 2.38 bits per heavy atom. The van der Waals surface area contributed by atoms with Gasteiger partial charge in [0.1, 0.15) is 0 Å². The molecular formula is C11H15NO. The minimum absolute atomic E-state index is 0.301. The quantitative estimate of drug-likeness (QED) is 0.705. The zero-order chi connectivity index (χ0) is 9.26.